The van der Waals surface area contributed by atoms with Crippen LogP contribution in [0.15, 0.2) is 59.0 Å². The Labute approximate surface area is 152 Å². The molecule has 1 unspecified atom stereocenters. The van der Waals surface area contributed by atoms with E-state index >= 15 is 0 Å². The van der Waals surface area contributed by atoms with Crippen LogP contribution in [0.1, 0.15) is 31.2 Å². The summed E-state index contributed by atoms with van der Waals surface area (Å²) in [7, 11) is 0. The zero-order valence-corrected chi connectivity index (χ0v) is 15.0. The molecule has 0 saturated heterocycles. The van der Waals surface area contributed by atoms with Crippen LogP contribution in [0.2, 0.25) is 0 Å². The quantitative estimate of drug-likeness (QED) is 0.689. The van der Waals surface area contributed by atoms with Gasteiger partial charge in [0.25, 0.3) is 0 Å². The van der Waals surface area contributed by atoms with Gasteiger partial charge in [-0.25, -0.2) is 4.39 Å². The predicted molar refractivity (Wildman–Crippen MR) is 100 cm³/mol. The second-order valence-electron chi connectivity index (χ2n) is 6.33. The number of nitrogens with zero attached hydrogens (tertiary/aromatic N) is 1. The second kappa shape index (κ2) is 8.15. The minimum Gasteiger partial charge on any atom is -0.459 e. The van der Waals surface area contributed by atoms with Gasteiger partial charge in [-0.05, 0) is 43.7 Å². The number of hydrogen-bond donors (Lipinski definition) is 1. The van der Waals surface area contributed by atoms with Crippen molar-refractivity contribution in [1.82, 2.24) is 10.2 Å². The van der Waals surface area contributed by atoms with E-state index in [2.05, 4.69) is 5.32 Å². The van der Waals surface area contributed by atoms with Gasteiger partial charge >= 0.3 is 0 Å². The van der Waals surface area contributed by atoms with Crippen molar-refractivity contribution in [2.24, 2.45) is 0 Å². The van der Waals surface area contributed by atoms with Gasteiger partial charge in [-0.3, -0.25) is 10.1 Å². The third-order valence-corrected chi connectivity index (χ3v) is 4.43. The number of benzene rings is 2. The highest BCUT2D eigenvalue weighted by molar-refractivity contribution is 5.79. The third-order valence-electron chi connectivity index (χ3n) is 4.43. The molecule has 0 saturated carbocycles. The SMILES string of the molecule is CCN(Cc1cccc(F)c1)C(=O)CNC(C)c1cc2ccccc2o1. The molecule has 26 heavy (non-hydrogen) atoms. The minimum absolute atomic E-state index is 0.0280. The van der Waals surface area contributed by atoms with Crippen LogP contribution in [-0.4, -0.2) is 23.9 Å². The van der Waals surface area contributed by atoms with E-state index in [1.807, 2.05) is 50.2 Å². The van der Waals surface area contributed by atoms with Crippen LogP contribution in [0.3, 0.4) is 0 Å². The molecule has 0 aliphatic carbocycles. The molecule has 2 aromatic carbocycles. The summed E-state index contributed by atoms with van der Waals surface area (Å²) < 4.78 is 19.2. The number of para-hydroxylation sites is 1. The molecule has 0 fully saturated rings. The molecule has 1 amide bonds. The highest BCUT2D eigenvalue weighted by atomic mass is 19.1. The fourth-order valence-corrected chi connectivity index (χ4v) is 2.90. The predicted octanol–water partition coefficient (Wildman–Crippen LogP) is 4.27. The van der Waals surface area contributed by atoms with Gasteiger partial charge in [0, 0.05) is 18.5 Å². The Morgan fingerprint density at radius 1 is 1.19 bits per heavy atom. The summed E-state index contributed by atoms with van der Waals surface area (Å²) in [5.41, 5.74) is 1.62. The summed E-state index contributed by atoms with van der Waals surface area (Å²) in [5, 5.41) is 4.26. The molecule has 1 heterocycles. The number of carbonyl (C=O) groups excluding carboxylic acids is 1. The van der Waals surface area contributed by atoms with Crippen molar-refractivity contribution in [1.29, 1.82) is 0 Å². The van der Waals surface area contributed by atoms with Crippen molar-refractivity contribution in [2.45, 2.75) is 26.4 Å². The molecule has 1 N–H and O–H groups in total. The van der Waals surface area contributed by atoms with Crippen molar-refractivity contribution in [3.05, 3.63) is 71.7 Å². The van der Waals surface area contributed by atoms with Crippen LogP contribution in [-0.2, 0) is 11.3 Å². The zero-order chi connectivity index (χ0) is 18.5. The number of fused-ring (bicyclic) bond motifs is 1. The first-order chi connectivity index (χ1) is 12.6. The maximum absolute atomic E-state index is 13.3. The van der Waals surface area contributed by atoms with Crippen molar-refractivity contribution in [2.75, 3.05) is 13.1 Å². The number of rotatable bonds is 7. The molecule has 0 aliphatic heterocycles. The molecular formula is C21H23FN2O2. The summed E-state index contributed by atoms with van der Waals surface area (Å²) in [6, 6.07) is 16.1. The zero-order valence-electron chi connectivity index (χ0n) is 15.0. The summed E-state index contributed by atoms with van der Waals surface area (Å²) in [6.45, 7) is 5.04. The lowest BCUT2D eigenvalue weighted by atomic mass is 10.2. The Kier molecular flexibility index (Phi) is 5.68. The lowest BCUT2D eigenvalue weighted by Crippen LogP contribution is -2.38. The molecule has 3 aromatic rings. The Hall–Kier alpha value is -2.66. The molecule has 3 rings (SSSR count). The number of amides is 1. The molecule has 136 valence electrons. The number of carbonyl (C=O) groups is 1. The van der Waals surface area contributed by atoms with E-state index in [1.54, 1.807) is 11.0 Å². The first-order valence-electron chi connectivity index (χ1n) is 8.81. The fraction of sp³-hybridized carbons (Fsp3) is 0.286. The summed E-state index contributed by atoms with van der Waals surface area (Å²) in [6.07, 6.45) is 0. The molecule has 5 heteroatoms. The topological polar surface area (TPSA) is 45.5 Å². The molecule has 0 radical (unpaired) electrons. The lowest BCUT2D eigenvalue weighted by Gasteiger charge is -2.22. The number of furan rings is 1. The molecule has 4 nitrogen and oxygen atoms in total. The number of nitrogens with one attached hydrogen (secondary N) is 1. The fourth-order valence-electron chi connectivity index (χ4n) is 2.90. The van der Waals surface area contributed by atoms with E-state index < -0.39 is 0 Å². The van der Waals surface area contributed by atoms with Gasteiger partial charge in [0.05, 0.1) is 12.6 Å². The largest absolute Gasteiger partial charge is 0.459 e. The summed E-state index contributed by atoms with van der Waals surface area (Å²) in [4.78, 5) is 14.2. The second-order valence-corrected chi connectivity index (χ2v) is 6.33. The molecule has 1 atom stereocenters. The molecule has 0 spiro atoms. The first-order valence-corrected chi connectivity index (χ1v) is 8.81. The number of likely N-dealkylation sites (N-methyl/N-ethyl adjacent to an activating group) is 1. The van der Waals surface area contributed by atoms with E-state index in [0.29, 0.717) is 13.1 Å². The molecular weight excluding hydrogens is 331 g/mol. The smallest absolute Gasteiger partial charge is 0.236 e. The van der Waals surface area contributed by atoms with Gasteiger partial charge in [0.15, 0.2) is 0 Å². The van der Waals surface area contributed by atoms with Crippen molar-refractivity contribution >= 4 is 16.9 Å². The average Bonchev–Trinajstić information content (AvgIpc) is 3.08. The van der Waals surface area contributed by atoms with Crippen LogP contribution in [0.4, 0.5) is 4.39 Å². The molecule has 0 bridgehead atoms. The maximum Gasteiger partial charge on any atom is 0.236 e. The number of halogens is 1. The third kappa shape index (κ3) is 4.29. The van der Waals surface area contributed by atoms with E-state index in [9.17, 15) is 9.18 Å². The van der Waals surface area contributed by atoms with E-state index in [-0.39, 0.29) is 24.3 Å². The lowest BCUT2D eigenvalue weighted by molar-refractivity contribution is -0.130. The highest BCUT2D eigenvalue weighted by Crippen LogP contribution is 2.23. The maximum atomic E-state index is 13.3. The monoisotopic (exact) mass is 354 g/mol. The average molecular weight is 354 g/mol. The first kappa shape index (κ1) is 18.1. The van der Waals surface area contributed by atoms with Gasteiger partial charge in [-0.2, -0.15) is 0 Å². The van der Waals surface area contributed by atoms with Crippen LogP contribution in [0.25, 0.3) is 11.0 Å². The Morgan fingerprint density at radius 3 is 2.73 bits per heavy atom. The van der Waals surface area contributed by atoms with Crippen LogP contribution < -0.4 is 5.32 Å². The minimum atomic E-state index is -0.289. The van der Waals surface area contributed by atoms with Crippen LogP contribution >= 0.6 is 0 Å². The summed E-state index contributed by atoms with van der Waals surface area (Å²) >= 11 is 0. The number of hydrogen-bond acceptors (Lipinski definition) is 3. The normalized spacial score (nSPS) is 12.3. The molecule has 0 aliphatic rings. The van der Waals surface area contributed by atoms with Crippen molar-refractivity contribution in [3.8, 4) is 0 Å². The van der Waals surface area contributed by atoms with Gasteiger partial charge in [0.2, 0.25) is 5.91 Å². The van der Waals surface area contributed by atoms with Crippen molar-refractivity contribution < 1.29 is 13.6 Å². The Balaban J connectivity index is 1.59. The van der Waals surface area contributed by atoms with Gasteiger partial charge in [-0.15, -0.1) is 0 Å². The van der Waals surface area contributed by atoms with E-state index in [0.717, 1.165) is 22.3 Å². The Bertz CT molecular complexity index is 857. The van der Waals surface area contributed by atoms with E-state index in [4.69, 9.17) is 4.42 Å². The van der Waals surface area contributed by atoms with E-state index in [1.165, 1.54) is 12.1 Å². The standard InChI is InChI=1S/C21H23FN2O2/c1-3-24(14-16-7-6-9-18(22)11-16)21(25)13-23-15(2)20-12-17-8-4-5-10-19(17)26-20/h4-12,15,23H,3,13-14H2,1-2H3. The Morgan fingerprint density at radius 2 is 2.00 bits per heavy atom. The molecule has 1 aromatic heterocycles. The van der Waals surface area contributed by atoms with Crippen molar-refractivity contribution in [3.63, 3.8) is 0 Å². The van der Waals surface area contributed by atoms with Gasteiger partial charge in [-0.1, -0.05) is 30.3 Å². The summed E-state index contributed by atoms with van der Waals surface area (Å²) in [5.74, 6) is 0.481. The van der Waals surface area contributed by atoms with Crippen LogP contribution in [0.5, 0.6) is 0 Å². The highest BCUT2D eigenvalue weighted by Gasteiger charge is 2.16. The van der Waals surface area contributed by atoms with Gasteiger partial charge in [0.1, 0.15) is 17.2 Å². The van der Waals surface area contributed by atoms with Crippen LogP contribution in [0, 0.1) is 5.82 Å². The van der Waals surface area contributed by atoms with Gasteiger partial charge < -0.3 is 9.32 Å².